The fraction of sp³-hybridized carbons (Fsp3) is 0.310. The molecule has 0 heterocycles. The van der Waals surface area contributed by atoms with Crippen molar-refractivity contribution in [3.05, 3.63) is 94.0 Å². The number of carbonyl (C=O) groups excluding carboxylic acids is 2. The Bertz CT molecular complexity index is 1410. The second-order valence-electron chi connectivity index (χ2n) is 9.30. The molecule has 1 atom stereocenters. The minimum atomic E-state index is -4.15. The lowest BCUT2D eigenvalue weighted by molar-refractivity contribution is -0.140. The highest BCUT2D eigenvalue weighted by Gasteiger charge is 2.34. The van der Waals surface area contributed by atoms with E-state index in [0.29, 0.717) is 22.7 Å². The number of benzene rings is 3. The van der Waals surface area contributed by atoms with Crippen LogP contribution in [0, 0.1) is 20.8 Å². The van der Waals surface area contributed by atoms with Crippen LogP contribution >= 0.6 is 11.6 Å². The Morgan fingerprint density at radius 1 is 0.947 bits per heavy atom. The minimum Gasteiger partial charge on any atom is -0.357 e. The van der Waals surface area contributed by atoms with Gasteiger partial charge in [-0.25, -0.2) is 8.42 Å². The zero-order chi connectivity index (χ0) is 28.0. The number of rotatable bonds is 10. The van der Waals surface area contributed by atoms with Crippen molar-refractivity contribution in [1.29, 1.82) is 0 Å². The van der Waals surface area contributed by atoms with Crippen LogP contribution in [0.5, 0.6) is 0 Å². The number of halogens is 1. The van der Waals surface area contributed by atoms with Crippen LogP contribution in [0.4, 0.5) is 5.69 Å². The molecule has 0 aliphatic heterocycles. The SMILES string of the molecule is CCC(C(=O)NC)N(Cc1cccc(C)c1)C(=O)CN(c1cc(Cl)ccc1C)S(=O)(=O)c1ccc(C)cc1. The third-order valence-corrected chi connectivity index (χ3v) is 8.40. The molecule has 2 amide bonds. The van der Waals surface area contributed by atoms with Crippen molar-refractivity contribution in [1.82, 2.24) is 10.2 Å². The van der Waals surface area contributed by atoms with Gasteiger partial charge in [-0.05, 0) is 62.6 Å². The average molecular weight is 556 g/mol. The maximum atomic E-state index is 14.0. The average Bonchev–Trinajstić information content (AvgIpc) is 2.88. The summed E-state index contributed by atoms with van der Waals surface area (Å²) in [6.07, 6.45) is 0.359. The number of nitrogens with one attached hydrogen (secondary N) is 1. The number of likely N-dealkylation sites (N-methyl/N-ethyl adjacent to an activating group) is 1. The Kier molecular flexibility index (Phi) is 9.57. The van der Waals surface area contributed by atoms with Crippen LogP contribution in [0.1, 0.15) is 35.6 Å². The van der Waals surface area contributed by atoms with Gasteiger partial charge in [-0.1, -0.05) is 72.1 Å². The van der Waals surface area contributed by atoms with Crippen molar-refractivity contribution in [3.8, 4) is 0 Å². The number of hydrogen-bond donors (Lipinski definition) is 1. The molecule has 0 saturated carbocycles. The summed E-state index contributed by atoms with van der Waals surface area (Å²) in [7, 11) is -2.63. The first-order valence-electron chi connectivity index (χ1n) is 12.4. The molecule has 0 saturated heterocycles. The summed E-state index contributed by atoms with van der Waals surface area (Å²) in [5.74, 6) is -0.822. The van der Waals surface area contributed by atoms with Gasteiger partial charge in [0.05, 0.1) is 10.6 Å². The Morgan fingerprint density at radius 2 is 1.63 bits per heavy atom. The standard InChI is InChI=1S/C29H34ClN3O4S/c1-6-26(29(35)31-5)32(18-23-9-7-8-21(3)16-23)28(34)19-33(27-17-24(30)13-12-22(27)4)38(36,37)25-14-10-20(2)11-15-25/h7-17,26H,6,18-19H2,1-5H3,(H,31,35). The van der Waals surface area contributed by atoms with Gasteiger partial charge >= 0.3 is 0 Å². The molecular weight excluding hydrogens is 522 g/mol. The first-order chi connectivity index (χ1) is 18.0. The van der Waals surface area contributed by atoms with E-state index in [1.807, 2.05) is 45.0 Å². The van der Waals surface area contributed by atoms with E-state index in [2.05, 4.69) is 5.32 Å². The number of hydrogen-bond acceptors (Lipinski definition) is 4. The number of sulfonamides is 1. The summed E-state index contributed by atoms with van der Waals surface area (Å²) in [6, 6.07) is 18.3. The summed E-state index contributed by atoms with van der Waals surface area (Å²) in [4.78, 5) is 28.3. The molecule has 38 heavy (non-hydrogen) atoms. The number of amides is 2. The highest BCUT2D eigenvalue weighted by Crippen LogP contribution is 2.30. The van der Waals surface area contributed by atoms with Crippen LogP contribution in [-0.2, 0) is 26.2 Å². The van der Waals surface area contributed by atoms with E-state index in [1.54, 1.807) is 31.2 Å². The topological polar surface area (TPSA) is 86.8 Å². The summed E-state index contributed by atoms with van der Waals surface area (Å²) in [5, 5.41) is 2.97. The van der Waals surface area contributed by atoms with E-state index in [4.69, 9.17) is 11.6 Å². The third-order valence-electron chi connectivity index (χ3n) is 6.40. The Morgan fingerprint density at radius 3 is 2.24 bits per heavy atom. The first kappa shape index (κ1) is 29.2. The lowest BCUT2D eigenvalue weighted by atomic mass is 10.1. The molecule has 0 aliphatic rings. The van der Waals surface area contributed by atoms with Crippen LogP contribution in [0.25, 0.3) is 0 Å². The third kappa shape index (κ3) is 6.74. The second kappa shape index (κ2) is 12.5. The molecule has 9 heteroatoms. The minimum absolute atomic E-state index is 0.0545. The Balaban J connectivity index is 2.11. The monoisotopic (exact) mass is 555 g/mol. The summed E-state index contributed by atoms with van der Waals surface area (Å²) in [6.45, 7) is 7.04. The fourth-order valence-electron chi connectivity index (χ4n) is 4.30. The number of carbonyl (C=O) groups is 2. The van der Waals surface area contributed by atoms with Gasteiger partial charge in [-0.2, -0.15) is 0 Å². The van der Waals surface area contributed by atoms with Gasteiger partial charge < -0.3 is 10.2 Å². The van der Waals surface area contributed by atoms with Gasteiger partial charge in [0.1, 0.15) is 12.6 Å². The molecule has 0 bridgehead atoms. The van der Waals surface area contributed by atoms with Gasteiger partial charge in [-0.15, -0.1) is 0 Å². The molecule has 3 aromatic rings. The van der Waals surface area contributed by atoms with E-state index in [9.17, 15) is 18.0 Å². The quantitative estimate of drug-likeness (QED) is 0.381. The fourth-order valence-corrected chi connectivity index (χ4v) is 5.93. The lowest BCUT2D eigenvalue weighted by Crippen LogP contribution is -2.51. The van der Waals surface area contributed by atoms with Crippen molar-refractivity contribution in [2.75, 3.05) is 17.9 Å². The van der Waals surface area contributed by atoms with Crippen molar-refractivity contribution >= 4 is 39.1 Å². The molecule has 0 aromatic heterocycles. The Labute approximate surface area is 230 Å². The molecule has 1 unspecified atom stereocenters. The molecule has 0 spiro atoms. The van der Waals surface area contributed by atoms with E-state index in [0.717, 1.165) is 21.0 Å². The van der Waals surface area contributed by atoms with E-state index in [-0.39, 0.29) is 17.3 Å². The summed E-state index contributed by atoms with van der Waals surface area (Å²) < 4.78 is 28.9. The summed E-state index contributed by atoms with van der Waals surface area (Å²) >= 11 is 6.26. The van der Waals surface area contributed by atoms with Gasteiger partial charge in [0.15, 0.2) is 0 Å². The van der Waals surface area contributed by atoms with Gasteiger partial charge in [0.25, 0.3) is 10.0 Å². The van der Waals surface area contributed by atoms with Crippen LogP contribution in [-0.4, -0.2) is 44.8 Å². The van der Waals surface area contributed by atoms with Gasteiger partial charge in [-0.3, -0.25) is 13.9 Å². The van der Waals surface area contributed by atoms with Crippen LogP contribution in [0.2, 0.25) is 5.02 Å². The molecule has 0 aliphatic carbocycles. The first-order valence-corrected chi connectivity index (χ1v) is 14.2. The molecular formula is C29H34ClN3O4S. The normalized spacial score (nSPS) is 12.1. The van der Waals surface area contributed by atoms with Crippen LogP contribution in [0.15, 0.2) is 71.6 Å². The second-order valence-corrected chi connectivity index (χ2v) is 11.6. The van der Waals surface area contributed by atoms with Crippen molar-refractivity contribution < 1.29 is 18.0 Å². The summed E-state index contributed by atoms with van der Waals surface area (Å²) in [5.41, 5.74) is 3.70. The number of anilines is 1. The van der Waals surface area contributed by atoms with Crippen LogP contribution in [0.3, 0.4) is 0 Å². The van der Waals surface area contributed by atoms with Crippen molar-refractivity contribution in [2.24, 2.45) is 0 Å². The van der Waals surface area contributed by atoms with Crippen molar-refractivity contribution in [3.63, 3.8) is 0 Å². The van der Waals surface area contributed by atoms with E-state index < -0.39 is 28.5 Å². The molecule has 0 radical (unpaired) electrons. The zero-order valence-electron chi connectivity index (χ0n) is 22.4. The highest BCUT2D eigenvalue weighted by molar-refractivity contribution is 7.92. The smallest absolute Gasteiger partial charge is 0.264 e. The number of aryl methyl sites for hydroxylation is 3. The van der Waals surface area contributed by atoms with Gasteiger partial charge in [0, 0.05) is 18.6 Å². The molecule has 0 fully saturated rings. The Hall–Kier alpha value is -3.36. The maximum Gasteiger partial charge on any atom is 0.264 e. The molecule has 1 N–H and O–H groups in total. The zero-order valence-corrected chi connectivity index (χ0v) is 23.9. The van der Waals surface area contributed by atoms with Crippen LogP contribution < -0.4 is 9.62 Å². The van der Waals surface area contributed by atoms with Crippen molar-refractivity contribution in [2.45, 2.75) is 51.6 Å². The largest absolute Gasteiger partial charge is 0.357 e. The lowest BCUT2D eigenvalue weighted by Gasteiger charge is -2.33. The number of nitrogens with zero attached hydrogens (tertiary/aromatic N) is 2. The highest BCUT2D eigenvalue weighted by atomic mass is 35.5. The van der Waals surface area contributed by atoms with E-state index >= 15 is 0 Å². The molecule has 3 rings (SSSR count). The maximum absolute atomic E-state index is 14.0. The molecule has 7 nitrogen and oxygen atoms in total. The molecule has 202 valence electrons. The van der Waals surface area contributed by atoms with E-state index in [1.165, 1.54) is 30.1 Å². The van der Waals surface area contributed by atoms with Gasteiger partial charge in [0.2, 0.25) is 11.8 Å². The predicted molar refractivity (Wildman–Crippen MR) is 152 cm³/mol. The predicted octanol–water partition coefficient (Wildman–Crippen LogP) is 5.01. The molecule has 3 aromatic carbocycles.